The van der Waals surface area contributed by atoms with Gasteiger partial charge in [0.15, 0.2) is 0 Å². The lowest BCUT2D eigenvalue weighted by molar-refractivity contribution is -0.136. The van der Waals surface area contributed by atoms with Gasteiger partial charge in [-0.25, -0.2) is 0 Å². The number of hydrogen-bond donors (Lipinski definition) is 2. The molecular formula is C12H17NO2. The minimum Gasteiger partial charge on any atom is -0.481 e. The van der Waals surface area contributed by atoms with E-state index in [2.05, 4.69) is 19.2 Å². The maximum absolute atomic E-state index is 10.5. The van der Waals surface area contributed by atoms with E-state index in [-0.39, 0.29) is 6.42 Å². The molecule has 0 bridgehead atoms. The van der Waals surface area contributed by atoms with Crippen molar-refractivity contribution in [2.45, 2.75) is 32.9 Å². The lowest BCUT2D eigenvalue weighted by Gasteiger charge is -2.08. The largest absolute Gasteiger partial charge is 0.481 e. The predicted octanol–water partition coefficient (Wildman–Crippen LogP) is 1.81. The fourth-order valence-electron chi connectivity index (χ4n) is 1.35. The van der Waals surface area contributed by atoms with Crippen LogP contribution in [0.1, 0.15) is 25.0 Å². The molecule has 82 valence electrons. The molecular weight excluding hydrogens is 190 g/mol. The Labute approximate surface area is 90.1 Å². The molecule has 0 saturated carbocycles. The summed E-state index contributed by atoms with van der Waals surface area (Å²) in [5, 5.41) is 12.0. The number of benzene rings is 1. The molecule has 0 heterocycles. The average Bonchev–Trinajstić information content (AvgIpc) is 2.14. The average molecular weight is 207 g/mol. The second-order valence-electron chi connectivity index (χ2n) is 3.93. The Morgan fingerprint density at radius 1 is 1.40 bits per heavy atom. The molecule has 0 fully saturated rings. The zero-order valence-electron chi connectivity index (χ0n) is 9.16. The summed E-state index contributed by atoms with van der Waals surface area (Å²) in [5.41, 5.74) is 1.98. The predicted molar refractivity (Wildman–Crippen MR) is 59.8 cm³/mol. The van der Waals surface area contributed by atoms with Crippen molar-refractivity contribution < 1.29 is 9.90 Å². The van der Waals surface area contributed by atoms with Crippen molar-refractivity contribution in [3.05, 3.63) is 35.4 Å². The van der Waals surface area contributed by atoms with Crippen LogP contribution in [0.25, 0.3) is 0 Å². The molecule has 0 unspecified atom stereocenters. The first-order chi connectivity index (χ1) is 7.08. The molecule has 0 radical (unpaired) electrons. The van der Waals surface area contributed by atoms with Gasteiger partial charge in [-0.1, -0.05) is 38.1 Å². The van der Waals surface area contributed by atoms with Crippen molar-refractivity contribution in [1.82, 2.24) is 5.32 Å². The topological polar surface area (TPSA) is 49.3 Å². The molecule has 0 atom stereocenters. The molecule has 0 saturated heterocycles. The fraction of sp³-hybridized carbons (Fsp3) is 0.417. The summed E-state index contributed by atoms with van der Waals surface area (Å²) in [7, 11) is 0. The number of carbonyl (C=O) groups is 1. The second kappa shape index (κ2) is 5.51. The van der Waals surface area contributed by atoms with E-state index in [0.717, 1.165) is 17.7 Å². The van der Waals surface area contributed by atoms with E-state index in [1.165, 1.54) is 0 Å². The monoisotopic (exact) mass is 207 g/mol. The van der Waals surface area contributed by atoms with E-state index in [9.17, 15) is 4.79 Å². The van der Waals surface area contributed by atoms with Crippen LogP contribution in [0.15, 0.2) is 24.3 Å². The van der Waals surface area contributed by atoms with Crippen LogP contribution in [0.4, 0.5) is 0 Å². The van der Waals surface area contributed by atoms with E-state index in [1.54, 1.807) is 0 Å². The molecule has 3 nitrogen and oxygen atoms in total. The summed E-state index contributed by atoms with van der Waals surface area (Å²) in [6.07, 6.45) is 0.0928. The molecule has 3 heteroatoms. The maximum atomic E-state index is 10.5. The van der Waals surface area contributed by atoms with Crippen LogP contribution in [0, 0.1) is 0 Å². The first-order valence-corrected chi connectivity index (χ1v) is 5.11. The summed E-state index contributed by atoms with van der Waals surface area (Å²) < 4.78 is 0. The quantitative estimate of drug-likeness (QED) is 0.774. The van der Waals surface area contributed by atoms with Gasteiger partial charge in [-0.3, -0.25) is 4.79 Å². The Bertz CT molecular complexity index is 334. The van der Waals surface area contributed by atoms with Crippen LogP contribution in [0.3, 0.4) is 0 Å². The zero-order valence-corrected chi connectivity index (χ0v) is 9.16. The number of carboxylic acid groups (broad SMARTS) is 1. The number of hydrogen-bond acceptors (Lipinski definition) is 2. The number of aliphatic carboxylic acids is 1. The SMILES string of the molecule is CC(C)NCc1cccc(CC(=O)O)c1. The molecule has 1 aromatic carbocycles. The first-order valence-electron chi connectivity index (χ1n) is 5.11. The normalized spacial score (nSPS) is 10.6. The van der Waals surface area contributed by atoms with Gasteiger partial charge in [0.25, 0.3) is 0 Å². The standard InChI is InChI=1S/C12H17NO2/c1-9(2)13-8-11-5-3-4-10(6-11)7-12(14)15/h3-6,9,13H,7-8H2,1-2H3,(H,14,15). The Balaban J connectivity index is 2.61. The number of carboxylic acids is 1. The van der Waals surface area contributed by atoms with E-state index >= 15 is 0 Å². The van der Waals surface area contributed by atoms with Gasteiger partial charge in [0.05, 0.1) is 6.42 Å². The Morgan fingerprint density at radius 2 is 2.07 bits per heavy atom. The van der Waals surface area contributed by atoms with Gasteiger partial charge in [0, 0.05) is 12.6 Å². The highest BCUT2D eigenvalue weighted by atomic mass is 16.4. The maximum Gasteiger partial charge on any atom is 0.307 e. The Kier molecular flexibility index (Phi) is 4.31. The minimum absolute atomic E-state index is 0.0928. The van der Waals surface area contributed by atoms with Crippen molar-refractivity contribution >= 4 is 5.97 Å². The van der Waals surface area contributed by atoms with Crippen molar-refractivity contribution in [2.24, 2.45) is 0 Å². The summed E-state index contributed by atoms with van der Waals surface area (Å²) in [4.78, 5) is 10.5. The molecule has 0 aliphatic rings. The third-order valence-corrected chi connectivity index (χ3v) is 2.06. The minimum atomic E-state index is -0.788. The smallest absolute Gasteiger partial charge is 0.307 e. The number of rotatable bonds is 5. The van der Waals surface area contributed by atoms with Crippen LogP contribution < -0.4 is 5.32 Å². The third-order valence-electron chi connectivity index (χ3n) is 2.06. The lowest BCUT2D eigenvalue weighted by atomic mass is 10.1. The summed E-state index contributed by atoms with van der Waals surface area (Å²) in [5.74, 6) is -0.788. The van der Waals surface area contributed by atoms with E-state index in [0.29, 0.717) is 6.04 Å². The molecule has 0 aliphatic heterocycles. The molecule has 1 rings (SSSR count). The van der Waals surface area contributed by atoms with Gasteiger partial charge < -0.3 is 10.4 Å². The van der Waals surface area contributed by atoms with Crippen LogP contribution in [-0.2, 0) is 17.8 Å². The van der Waals surface area contributed by atoms with Crippen molar-refractivity contribution in [1.29, 1.82) is 0 Å². The Hall–Kier alpha value is -1.35. The Morgan fingerprint density at radius 3 is 2.67 bits per heavy atom. The zero-order chi connectivity index (χ0) is 11.3. The van der Waals surface area contributed by atoms with E-state index in [4.69, 9.17) is 5.11 Å². The van der Waals surface area contributed by atoms with Crippen molar-refractivity contribution in [3.8, 4) is 0 Å². The van der Waals surface area contributed by atoms with Gasteiger partial charge in [-0.15, -0.1) is 0 Å². The fourth-order valence-corrected chi connectivity index (χ4v) is 1.35. The van der Waals surface area contributed by atoms with Crippen molar-refractivity contribution in [3.63, 3.8) is 0 Å². The highest BCUT2D eigenvalue weighted by Crippen LogP contribution is 2.06. The molecule has 0 spiro atoms. The highest BCUT2D eigenvalue weighted by molar-refractivity contribution is 5.70. The van der Waals surface area contributed by atoms with Gasteiger partial charge in [0.2, 0.25) is 0 Å². The van der Waals surface area contributed by atoms with E-state index in [1.807, 2.05) is 24.3 Å². The van der Waals surface area contributed by atoms with Gasteiger partial charge in [-0.2, -0.15) is 0 Å². The second-order valence-corrected chi connectivity index (χ2v) is 3.93. The van der Waals surface area contributed by atoms with Gasteiger partial charge in [-0.05, 0) is 11.1 Å². The van der Waals surface area contributed by atoms with Crippen LogP contribution in [0.5, 0.6) is 0 Å². The molecule has 1 aromatic rings. The van der Waals surface area contributed by atoms with Crippen LogP contribution in [0.2, 0.25) is 0 Å². The van der Waals surface area contributed by atoms with E-state index < -0.39 is 5.97 Å². The number of nitrogens with one attached hydrogen (secondary N) is 1. The first kappa shape index (κ1) is 11.7. The third kappa shape index (κ3) is 4.61. The molecule has 0 aromatic heterocycles. The van der Waals surface area contributed by atoms with Crippen LogP contribution >= 0.6 is 0 Å². The van der Waals surface area contributed by atoms with Gasteiger partial charge >= 0.3 is 5.97 Å². The molecule has 2 N–H and O–H groups in total. The van der Waals surface area contributed by atoms with Crippen molar-refractivity contribution in [2.75, 3.05) is 0 Å². The highest BCUT2D eigenvalue weighted by Gasteiger charge is 2.01. The van der Waals surface area contributed by atoms with Gasteiger partial charge in [0.1, 0.15) is 0 Å². The molecule has 0 amide bonds. The molecule has 0 aliphatic carbocycles. The lowest BCUT2D eigenvalue weighted by Crippen LogP contribution is -2.21. The summed E-state index contributed by atoms with van der Waals surface area (Å²) in [6.45, 7) is 4.95. The summed E-state index contributed by atoms with van der Waals surface area (Å²) >= 11 is 0. The molecule has 15 heavy (non-hydrogen) atoms. The summed E-state index contributed by atoms with van der Waals surface area (Å²) in [6, 6.07) is 8.11. The van der Waals surface area contributed by atoms with Crippen LogP contribution in [-0.4, -0.2) is 17.1 Å².